The van der Waals surface area contributed by atoms with Crippen molar-refractivity contribution in [1.82, 2.24) is 10.6 Å². The summed E-state index contributed by atoms with van der Waals surface area (Å²) in [6.45, 7) is 5.35. The highest BCUT2D eigenvalue weighted by molar-refractivity contribution is 7.98. The van der Waals surface area contributed by atoms with Crippen LogP contribution in [0.1, 0.15) is 45.2 Å². The van der Waals surface area contributed by atoms with Crippen LogP contribution < -0.4 is 20.1 Å². The standard InChI is InChI=1S/C21H30N2O7S/c1-21(2,3)30-20(26)23-14(8-9-31-5)19(25)22-15(11-18(24)27-4)13-6-7-16-17(10-13)29-12-28-16/h6-7,10,14-15H,8-9,11-12H2,1-5H3,(H,22,25)(H,23,26). The first-order valence-electron chi connectivity index (χ1n) is 9.88. The number of amides is 2. The first-order chi connectivity index (χ1) is 14.6. The predicted molar refractivity (Wildman–Crippen MR) is 116 cm³/mol. The average molecular weight is 455 g/mol. The van der Waals surface area contributed by atoms with Crippen LogP contribution in [0.25, 0.3) is 0 Å². The fourth-order valence-corrected chi connectivity index (χ4v) is 3.33. The summed E-state index contributed by atoms with van der Waals surface area (Å²) in [6, 6.07) is 3.69. The van der Waals surface area contributed by atoms with Gasteiger partial charge in [0, 0.05) is 0 Å². The largest absolute Gasteiger partial charge is 0.469 e. The second-order valence-electron chi connectivity index (χ2n) is 7.93. The zero-order chi connectivity index (χ0) is 23.0. The molecule has 1 aromatic carbocycles. The van der Waals surface area contributed by atoms with E-state index in [2.05, 4.69) is 10.6 Å². The third kappa shape index (κ3) is 7.86. The van der Waals surface area contributed by atoms with E-state index in [0.29, 0.717) is 29.2 Å². The first kappa shape index (κ1) is 24.6. The molecular formula is C21H30N2O7S. The van der Waals surface area contributed by atoms with Crippen LogP contribution in [0.2, 0.25) is 0 Å². The number of thioether (sulfide) groups is 1. The second kappa shape index (κ2) is 11.1. The number of ether oxygens (including phenoxy) is 4. The number of benzene rings is 1. The Labute approximate surface area is 186 Å². The molecule has 172 valence electrons. The molecule has 2 unspecified atom stereocenters. The Kier molecular flexibility index (Phi) is 8.85. The molecule has 0 bridgehead atoms. The molecule has 10 heteroatoms. The third-order valence-electron chi connectivity index (χ3n) is 4.33. The van der Waals surface area contributed by atoms with Gasteiger partial charge in [-0.25, -0.2) is 4.79 Å². The number of hydrogen-bond donors (Lipinski definition) is 2. The Morgan fingerprint density at radius 3 is 2.52 bits per heavy atom. The number of carbonyl (C=O) groups excluding carboxylic acids is 3. The second-order valence-corrected chi connectivity index (χ2v) is 8.92. The smallest absolute Gasteiger partial charge is 0.408 e. The number of fused-ring (bicyclic) bond motifs is 1. The molecule has 0 saturated heterocycles. The molecule has 0 aliphatic carbocycles. The molecule has 1 aromatic rings. The summed E-state index contributed by atoms with van der Waals surface area (Å²) in [7, 11) is 1.28. The van der Waals surface area contributed by atoms with Gasteiger partial charge in [-0.1, -0.05) is 6.07 Å². The summed E-state index contributed by atoms with van der Waals surface area (Å²) in [4.78, 5) is 37.2. The minimum absolute atomic E-state index is 0.0798. The minimum Gasteiger partial charge on any atom is -0.469 e. The fourth-order valence-electron chi connectivity index (χ4n) is 2.86. The summed E-state index contributed by atoms with van der Waals surface area (Å²) in [5, 5.41) is 5.48. The summed E-state index contributed by atoms with van der Waals surface area (Å²) in [5.74, 6) is 0.874. The molecule has 0 radical (unpaired) electrons. The normalized spacial score (nSPS) is 14.4. The minimum atomic E-state index is -0.823. The maximum atomic E-state index is 13.0. The topological polar surface area (TPSA) is 112 Å². The van der Waals surface area contributed by atoms with Crippen molar-refractivity contribution in [2.75, 3.05) is 25.9 Å². The van der Waals surface area contributed by atoms with Crippen LogP contribution in [0.4, 0.5) is 4.79 Å². The molecule has 2 amide bonds. The van der Waals surface area contributed by atoms with Crippen LogP contribution in [0.15, 0.2) is 18.2 Å². The lowest BCUT2D eigenvalue weighted by Crippen LogP contribution is -2.49. The van der Waals surface area contributed by atoms with Crippen molar-refractivity contribution in [3.63, 3.8) is 0 Å². The first-order valence-corrected chi connectivity index (χ1v) is 11.3. The highest BCUT2D eigenvalue weighted by atomic mass is 32.2. The van der Waals surface area contributed by atoms with Crippen molar-refractivity contribution in [1.29, 1.82) is 0 Å². The maximum absolute atomic E-state index is 13.0. The van der Waals surface area contributed by atoms with Gasteiger partial charge in [-0.2, -0.15) is 11.8 Å². The van der Waals surface area contributed by atoms with Gasteiger partial charge in [0.1, 0.15) is 11.6 Å². The molecular weight excluding hydrogens is 424 g/mol. The van der Waals surface area contributed by atoms with Crippen LogP contribution in [0.5, 0.6) is 11.5 Å². The van der Waals surface area contributed by atoms with Gasteiger partial charge in [-0.15, -0.1) is 0 Å². The Morgan fingerprint density at radius 2 is 1.87 bits per heavy atom. The van der Waals surface area contributed by atoms with Gasteiger partial charge < -0.3 is 29.6 Å². The zero-order valence-corrected chi connectivity index (χ0v) is 19.3. The number of esters is 1. The van der Waals surface area contributed by atoms with E-state index in [-0.39, 0.29) is 13.2 Å². The molecule has 0 aromatic heterocycles. The average Bonchev–Trinajstić information content (AvgIpc) is 3.16. The number of methoxy groups -OCH3 is 1. The summed E-state index contributed by atoms with van der Waals surface area (Å²) < 4.78 is 20.8. The van der Waals surface area contributed by atoms with Gasteiger partial charge >= 0.3 is 12.1 Å². The molecule has 2 N–H and O–H groups in total. The van der Waals surface area contributed by atoms with Crippen molar-refractivity contribution in [2.24, 2.45) is 0 Å². The number of carbonyl (C=O) groups is 3. The Hall–Kier alpha value is -2.62. The van der Waals surface area contributed by atoms with Gasteiger partial charge in [0.2, 0.25) is 12.7 Å². The van der Waals surface area contributed by atoms with Crippen LogP contribution in [-0.2, 0) is 19.1 Å². The van der Waals surface area contributed by atoms with E-state index in [0.717, 1.165) is 0 Å². The number of hydrogen-bond acceptors (Lipinski definition) is 8. The Bertz CT molecular complexity index is 794. The van der Waals surface area contributed by atoms with E-state index >= 15 is 0 Å². The Balaban J connectivity index is 2.17. The lowest BCUT2D eigenvalue weighted by atomic mass is 10.0. The number of nitrogens with one attached hydrogen (secondary N) is 2. The highest BCUT2D eigenvalue weighted by Gasteiger charge is 2.28. The van der Waals surface area contributed by atoms with Crippen LogP contribution in [-0.4, -0.2) is 55.5 Å². The number of rotatable bonds is 9. The van der Waals surface area contributed by atoms with Crippen LogP contribution >= 0.6 is 11.8 Å². The lowest BCUT2D eigenvalue weighted by Gasteiger charge is -2.25. The molecule has 0 fully saturated rings. The molecule has 1 heterocycles. The van der Waals surface area contributed by atoms with Gasteiger partial charge in [-0.3, -0.25) is 9.59 Å². The quantitative estimate of drug-likeness (QED) is 0.548. The molecule has 2 rings (SSSR count). The van der Waals surface area contributed by atoms with E-state index in [4.69, 9.17) is 18.9 Å². The molecule has 31 heavy (non-hydrogen) atoms. The summed E-state index contributed by atoms with van der Waals surface area (Å²) >= 11 is 1.55. The van der Waals surface area contributed by atoms with Gasteiger partial charge in [0.15, 0.2) is 11.5 Å². The number of alkyl carbamates (subject to hydrolysis) is 1. The molecule has 2 atom stereocenters. The van der Waals surface area contributed by atoms with Crippen molar-refractivity contribution in [2.45, 2.75) is 51.3 Å². The monoisotopic (exact) mass is 454 g/mol. The van der Waals surface area contributed by atoms with E-state index in [1.165, 1.54) is 7.11 Å². The Morgan fingerprint density at radius 1 is 1.16 bits per heavy atom. The maximum Gasteiger partial charge on any atom is 0.408 e. The van der Waals surface area contributed by atoms with E-state index in [9.17, 15) is 14.4 Å². The summed E-state index contributed by atoms with van der Waals surface area (Å²) in [5.41, 5.74) is -0.0336. The SMILES string of the molecule is COC(=O)CC(NC(=O)C(CCSC)NC(=O)OC(C)(C)C)c1ccc2c(c1)OCO2. The van der Waals surface area contributed by atoms with Crippen LogP contribution in [0.3, 0.4) is 0 Å². The molecule has 0 saturated carbocycles. The third-order valence-corrected chi connectivity index (χ3v) is 4.98. The summed E-state index contributed by atoms with van der Waals surface area (Å²) in [6.07, 6.45) is 1.55. The van der Waals surface area contributed by atoms with Crippen molar-refractivity contribution in [3.8, 4) is 11.5 Å². The van der Waals surface area contributed by atoms with Crippen molar-refractivity contribution in [3.05, 3.63) is 23.8 Å². The van der Waals surface area contributed by atoms with E-state index in [1.54, 1.807) is 50.7 Å². The fraction of sp³-hybridized carbons (Fsp3) is 0.571. The zero-order valence-electron chi connectivity index (χ0n) is 18.5. The molecule has 1 aliphatic heterocycles. The molecule has 9 nitrogen and oxygen atoms in total. The van der Waals surface area contributed by atoms with E-state index < -0.39 is 35.7 Å². The highest BCUT2D eigenvalue weighted by Crippen LogP contribution is 2.35. The van der Waals surface area contributed by atoms with E-state index in [1.807, 2.05) is 6.26 Å². The predicted octanol–water partition coefficient (Wildman–Crippen LogP) is 2.78. The van der Waals surface area contributed by atoms with Crippen molar-refractivity contribution >= 4 is 29.7 Å². The lowest BCUT2D eigenvalue weighted by molar-refractivity contribution is -0.141. The molecule has 0 spiro atoms. The van der Waals surface area contributed by atoms with Gasteiger partial charge in [0.05, 0.1) is 19.6 Å². The van der Waals surface area contributed by atoms with Gasteiger partial charge in [0.25, 0.3) is 0 Å². The van der Waals surface area contributed by atoms with Crippen LogP contribution in [0, 0.1) is 0 Å². The van der Waals surface area contributed by atoms with Crippen molar-refractivity contribution < 1.29 is 33.3 Å². The molecule has 1 aliphatic rings. The van der Waals surface area contributed by atoms with Gasteiger partial charge in [-0.05, 0) is 56.9 Å².